The van der Waals surface area contributed by atoms with Crippen LogP contribution < -0.4 is 4.74 Å². The standard InChI is InChI=1S/C11H14O3/c1-7-4-5-10(6-11(7)13)14-9(3)8(2)12/h4-6,9,13H,1-3H3. The van der Waals surface area contributed by atoms with Crippen LogP contribution in [0.2, 0.25) is 0 Å². The SMILES string of the molecule is CC(=O)C(C)Oc1ccc(C)c(O)c1. The van der Waals surface area contributed by atoms with E-state index in [9.17, 15) is 9.90 Å². The maximum absolute atomic E-state index is 10.9. The van der Waals surface area contributed by atoms with Gasteiger partial charge in [-0.1, -0.05) is 6.07 Å². The first kappa shape index (κ1) is 10.6. The molecule has 14 heavy (non-hydrogen) atoms. The molecular weight excluding hydrogens is 180 g/mol. The lowest BCUT2D eigenvalue weighted by Gasteiger charge is -2.12. The van der Waals surface area contributed by atoms with Crippen LogP contribution in [0, 0.1) is 6.92 Å². The lowest BCUT2D eigenvalue weighted by molar-refractivity contribution is -0.122. The average Bonchev–Trinajstić information content (AvgIpc) is 2.11. The molecule has 0 saturated heterocycles. The highest BCUT2D eigenvalue weighted by Gasteiger charge is 2.09. The molecule has 0 aliphatic rings. The van der Waals surface area contributed by atoms with E-state index in [1.807, 2.05) is 0 Å². The third-order valence-electron chi connectivity index (χ3n) is 2.07. The van der Waals surface area contributed by atoms with Crippen LogP contribution in [0.5, 0.6) is 11.5 Å². The lowest BCUT2D eigenvalue weighted by Crippen LogP contribution is -2.20. The van der Waals surface area contributed by atoms with Gasteiger partial charge in [0, 0.05) is 6.07 Å². The summed E-state index contributed by atoms with van der Waals surface area (Å²) >= 11 is 0. The Hall–Kier alpha value is -1.51. The summed E-state index contributed by atoms with van der Waals surface area (Å²) in [5, 5.41) is 9.39. The van der Waals surface area contributed by atoms with Gasteiger partial charge >= 0.3 is 0 Å². The second-order valence-corrected chi connectivity index (χ2v) is 3.32. The summed E-state index contributed by atoms with van der Waals surface area (Å²) in [5.41, 5.74) is 0.785. The van der Waals surface area contributed by atoms with E-state index >= 15 is 0 Å². The van der Waals surface area contributed by atoms with Crippen molar-refractivity contribution < 1.29 is 14.6 Å². The molecule has 0 saturated carbocycles. The molecule has 0 aromatic heterocycles. The lowest BCUT2D eigenvalue weighted by atomic mass is 10.2. The van der Waals surface area contributed by atoms with Crippen molar-refractivity contribution in [2.45, 2.75) is 26.9 Å². The van der Waals surface area contributed by atoms with Crippen molar-refractivity contribution >= 4 is 5.78 Å². The van der Waals surface area contributed by atoms with Crippen molar-refractivity contribution in [3.63, 3.8) is 0 Å². The Kier molecular flexibility index (Phi) is 3.12. The van der Waals surface area contributed by atoms with Crippen molar-refractivity contribution in [2.24, 2.45) is 0 Å². The summed E-state index contributed by atoms with van der Waals surface area (Å²) in [4.78, 5) is 10.9. The molecule has 1 N–H and O–H groups in total. The minimum atomic E-state index is -0.475. The van der Waals surface area contributed by atoms with E-state index in [-0.39, 0.29) is 11.5 Å². The van der Waals surface area contributed by atoms with Crippen molar-refractivity contribution in [1.29, 1.82) is 0 Å². The molecule has 0 amide bonds. The Balaban J connectivity index is 2.78. The first-order valence-electron chi connectivity index (χ1n) is 4.47. The maximum Gasteiger partial charge on any atom is 0.169 e. The third kappa shape index (κ3) is 2.49. The van der Waals surface area contributed by atoms with Gasteiger partial charge < -0.3 is 9.84 Å². The van der Waals surface area contributed by atoms with Crippen molar-refractivity contribution in [3.8, 4) is 11.5 Å². The van der Waals surface area contributed by atoms with Crippen LogP contribution in [-0.4, -0.2) is 17.0 Å². The number of hydrogen-bond acceptors (Lipinski definition) is 3. The Morgan fingerprint density at radius 2 is 2.14 bits per heavy atom. The van der Waals surface area contributed by atoms with Gasteiger partial charge in [0.25, 0.3) is 0 Å². The van der Waals surface area contributed by atoms with E-state index < -0.39 is 6.10 Å². The van der Waals surface area contributed by atoms with Gasteiger partial charge in [0.1, 0.15) is 11.5 Å². The van der Waals surface area contributed by atoms with Crippen LogP contribution in [0.4, 0.5) is 0 Å². The number of aryl methyl sites for hydroxylation is 1. The molecule has 1 aromatic rings. The molecule has 1 aromatic carbocycles. The summed E-state index contributed by atoms with van der Waals surface area (Å²) in [5.74, 6) is 0.652. The van der Waals surface area contributed by atoms with Crippen LogP contribution in [0.1, 0.15) is 19.4 Å². The molecule has 76 valence electrons. The molecule has 3 heteroatoms. The number of benzene rings is 1. The number of rotatable bonds is 3. The van der Waals surface area contributed by atoms with E-state index in [0.717, 1.165) is 5.56 Å². The van der Waals surface area contributed by atoms with Crippen LogP contribution in [-0.2, 0) is 4.79 Å². The molecule has 0 aliphatic heterocycles. The fraction of sp³-hybridized carbons (Fsp3) is 0.364. The predicted molar refractivity (Wildman–Crippen MR) is 53.6 cm³/mol. The molecule has 1 atom stereocenters. The first-order chi connectivity index (χ1) is 6.50. The first-order valence-corrected chi connectivity index (χ1v) is 4.47. The van der Waals surface area contributed by atoms with Gasteiger partial charge in [-0.25, -0.2) is 0 Å². The van der Waals surface area contributed by atoms with E-state index in [0.29, 0.717) is 5.75 Å². The maximum atomic E-state index is 10.9. The average molecular weight is 194 g/mol. The summed E-state index contributed by atoms with van der Waals surface area (Å²) < 4.78 is 5.30. The minimum absolute atomic E-state index is 0.0370. The number of aromatic hydroxyl groups is 1. The Morgan fingerprint density at radius 3 is 2.64 bits per heavy atom. The molecule has 0 radical (unpaired) electrons. The minimum Gasteiger partial charge on any atom is -0.508 e. The van der Waals surface area contributed by atoms with E-state index in [4.69, 9.17) is 4.74 Å². The van der Waals surface area contributed by atoms with Gasteiger partial charge in [0.05, 0.1) is 0 Å². The third-order valence-corrected chi connectivity index (χ3v) is 2.07. The van der Waals surface area contributed by atoms with E-state index in [2.05, 4.69) is 0 Å². The molecule has 0 bridgehead atoms. The number of phenols is 1. The zero-order chi connectivity index (χ0) is 10.7. The largest absolute Gasteiger partial charge is 0.508 e. The van der Waals surface area contributed by atoms with Crippen LogP contribution in [0.25, 0.3) is 0 Å². The Labute approximate surface area is 83.3 Å². The Morgan fingerprint density at radius 1 is 1.50 bits per heavy atom. The van der Waals surface area contributed by atoms with Crippen molar-refractivity contribution in [2.75, 3.05) is 0 Å². The highest BCUT2D eigenvalue weighted by molar-refractivity contribution is 5.80. The monoisotopic (exact) mass is 194 g/mol. The fourth-order valence-electron chi connectivity index (χ4n) is 0.950. The quantitative estimate of drug-likeness (QED) is 0.801. The van der Waals surface area contributed by atoms with E-state index in [1.165, 1.54) is 13.0 Å². The molecule has 0 spiro atoms. The fourth-order valence-corrected chi connectivity index (χ4v) is 0.950. The highest BCUT2D eigenvalue weighted by atomic mass is 16.5. The van der Waals surface area contributed by atoms with Gasteiger partial charge in [-0.2, -0.15) is 0 Å². The summed E-state index contributed by atoms with van der Waals surface area (Å²) in [6.45, 7) is 4.95. The van der Waals surface area contributed by atoms with Crippen molar-refractivity contribution in [3.05, 3.63) is 23.8 Å². The number of carbonyl (C=O) groups is 1. The molecular formula is C11H14O3. The molecule has 0 aliphatic carbocycles. The Bertz CT molecular complexity index is 344. The topological polar surface area (TPSA) is 46.5 Å². The molecule has 3 nitrogen and oxygen atoms in total. The van der Waals surface area contributed by atoms with Crippen LogP contribution in [0.3, 0.4) is 0 Å². The van der Waals surface area contributed by atoms with Crippen molar-refractivity contribution in [1.82, 2.24) is 0 Å². The zero-order valence-corrected chi connectivity index (χ0v) is 8.57. The number of ether oxygens (including phenoxy) is 1. The summed E-state index contributed by atoms with van der Waals surface area (Å²) in [6.07, 6.45) is -0.475. The van der Waals surface area contributed by atoms with Gasteiger partial charge in [-0.3, -0.25) is 4.79 Å². The summed E-state index contributed by atoms with van der Waals surface area (Å²) in [6, 6.07) is 4.99. The van der Waals surface area contributed by atoms with Gasteiger partial charge in [-0.15, -0.1) is 0 Å². The second kappa shape index (κ2) is 4.13. The molecule has 1 rings (SSSR count). The number of Topliss-reactive ketones (excluding diaryl/α,β-unsaturated/α-hetero) is 1. The number of carbonyl (C=O) groups excluding carboxylic acids is 1. The highest BCUT2D eigenvalue weighted by Crippen LogP contribution is 2.23. The van der Waals surface area contributed by atoms with Crippen LogP contribution >= 0.6 is 0 Å². The van der Waals surface area contributed by atoms with Crippen LogP contribution in [0.15, 0.2) is 18.2 Å². The van der Waals surface area contributed by atoms with Gasteiger partial charge in [0.15, 0.2) is 11.9 Å². The smallest absolute Gasteiger partial charge is 0.169 e. The number of hydrogen-bond donors (Lipinski definition) is 1. The normalized spacial score (nSPS) is 12.2. The summed E-state index contributed by atoms with van der Waals surface area (Å²) in [7, 11) is 0. The van der Waals surface area contributed by atoms with Gasteiger partial charge in [0.2, 0.25) is 0 Å². The number of phenolic OH excluding ortho intramolecular Hbond substituents is 1. The van der Waals surface area contributed by atoms with E-state index in [1.54, 1.807) is 26.0 Å². The number of ketones is 1. The predicted octanol–water partition coefficient (Wildman–Crippen LogP) is 2.06. The molecule has 0 heterocycles. The molecule has 0 fully saturated rings. The zero-order valence-electron chi connectivity index (χ0n) is 8.57. The van der Waals surface area contributed by atoms with Gasteiger partial charge in [-0.05, 0) is 32.4 Å². The molecule has 1 unspecified atom stereocenters. The second-order valence-electron chi connectivity index (χ2n) is 3.32.